The Kier molecular flexibility index (Phi) is 6.60. The van der Waals surface area contributed by atoms with Crippen molar-refractivity contribution in [2.75, 3.05) is 32.0 Å². The van der Waals surface area contributed by atoms with Crippen LogP contribution < -0.4 is 10.6 Å². The number of piperidine rings is 1. The molecule has 1 fully saturated rings. The first-order chi connectivity index (χ1) is 16.6. The molecule has 1 aliphatic heterocycles. The summed E-state index contributed by atoms with van der Waals surface area (Å²) < 4.78 is 3.15. The number of benzene rings is 2. The Hall–Kier alpha value is -3.23. The SMILES string of the molecule is CNC(=O)c1ccc(-c2cn3c(n2)sc2cc(NC(=O)CCCN4CCCCC4)ccc23)cc1. The first-order valence-corrected chi connectivity index (χ1v) is 12.7. The number of fused-ring (bicyclic) bond motifs is 3. The fourth-order valence-corrected chi connectivity index (χ4v) is 5.57. The molecule has 2 aromatic carbocycles. The highest BCUT2D eigenvalue weighted by molar-refractivity contribution is 7.23. The van der Waals surface area contributed by atoms with E-state index >= 15 is 0 Å². The average Bonchev–Trinajstić information content (AvgIpc) is 3.42. The van der Waals surface area contributed by atoms with Crippen LogP contribution in [0.5, 0.6) is 0 Å². The minimum Gasteiger partial charge on any atom is -0.355 e. The molecule has 8 heteroatoms. The normalized spacial score (nSPS) is 14.5. The smallest absolute Gasteiger partial charge is 0.251 e. The van der Waals surface area contributed by atoms with Crippen molar-refractivity contribution < 1.29 is 9.59 Å². The first kappa shape index (κ1) is 22.6. The van der Waals surface area contributed by atoms with Crippen molar-refractivity contribution in [2.24, 2.45) is 0 Å². The zero-order valence-electron chi connectivity index (χ0n) is 19.3. The van der Waals surface area contributed by atoms with Crippen LogP contribution in [0.2, 0.25) is 0 Å². The van der Waals surface area contributed by atoms with Gasteiger partial charge in [0.2, 0.25) is 5.91 Å². The van der Waals surface area contributed by atoms with Crippen LogP contribution in [0.15, 0.2) is 48.7 Å². The molecule has 3 heterocycles. The molecule has 2 aromatic heterocycles. The summed E-state index contributed by atoms with van der Waals surface area (Å²) in [5.41, 5.74) is 4.33. The van der Waals surface area contributed by atoms with Crippen LogP contribution in [0.1, 0.15) is 42.5 Å². The predicted octanol–water partition coefficient (Wildman–Crippen LogP) is 4.78. The number of carbonyl (C=O) groups is 2. The maximum absolute atomic E-state index is 12.4. The molecule has 0 saturated carbocycles. The number of anilines is 1. The van der Waals surface area contributed by atoms with Gasteiger partial charge in [0.1, 0.15) is 0 Å². The number of amides is 2. The van der Waals surface area contributed by atoms with Crippen LogP contribution in [-0.4, -0.2) is 52.8 Å². The Bertz CT molecular complexity index is 1320. The van der Waals surface area contributed by atoms with Crippen molar-refractivity contribution in [3.05, 3.63) is 54.2 Å². The van der Waals surface area contributed by atoms with Crippen LogP contribution >= 0.6 is 11.3 Å². The molecule has 0 unspecified atom stereocenters. The Morgan fingerprint density at radius 2 is 1.85 bits per heavy atom. The van der Waals surface area contributed by atoms with Gasteiger partial charge >= 0.3 is 0 Å². The minimum absolute atomic E-state index is 0.0696. The topological polar surface area (TPSA) is 78.7 Å². The monoisotopic (exact) mass is 475 g/mol. The standard InChI is InChI=1S/C26H29N5O2S/c1-27-25(33)19-9-7-18(8-10-19)21-17-31-22-12-11-20(16-23(22)34-26(31)29-21)28-24(32)6-5-15-30-13-3-2-4-14-30/h7-12,16-17H,2-6,13-15H2,1H3,(H,27,33)(H,28,32). The van der Waals surface area contributed by atoms with Gasteiger partial charge in [0.05, 0.1) is 15.9 Å². The molecule has 0 atom stereocenters. The molecule has 7 nitrogen and oxygen atoms in total. The highest BCUT2D eigenvalue weighted by Crippen LogP contribution is 2.31. The van der Waals surface area contributed by atoms with E-state index in [9.17, 15) is 9.59 Å². The third-order valence-corrected chi connectivity index (χ3v) is 7.39. The maximum atomic E-state index is 12.4. The number of likely N-dealkylation sites (tertiary alicyclic amines) is 1. The summed E-state index contributed by atoms with van der Waals surface area (Å²) in [7, 11) is 1.62. The lowest BCUT2D eigenvalue weighted by molar-refractivity contribution is -0.116. The molecule has 2 amide bonds. The Morgan fingerprint density at radius 1 is 1.06 bits per heavy atom. The molecular weight excluding hydrogens is 446 g/mol. The van der Waals surface area contributed by atoms with E-state index in [4.69, 9.17) is 4.98 Å². The Morgan fingerprint density at radius 3 is 2.62 bits per heavy atom. The highest BCUT2D eigenvalue weighted by atomic mass is 32.1. The number of nitrogens with one attached hydrogen (secondary N) is 2. The summed E-state index contributed by atoms with van der Waals surface area (Å²) in [5, 5.41) is 5.68. The van der Waals surface area contributed by atoms with Gasteiger partial charge in [0, 0.05) is 36.5 Å². The maximum Gasteiger partial charge on any atom is 0.251 e. The fourth-order valence-electron chi connectivity index (χ4n) is 4.52. The van der Waals surface area contributed by atoms with E-state index in [0.29, 0.717) is 12.0 Å². The van der Waals surface area contributed by atoms with Crippen LogP contribution in [0.3, 0.4) is 0 Å². The minimum atomic E-state index is -0.103. The molecule has 2 N–H and O–H groups in total. The van der Waals surface area contributed by atoms with E-state index in [1.54, 1.807) is 30.5 Å². The largest absolute Gasteiger partial charge is 0.355 e. The molecule has 1 saturated heterocycles. The molecule has 0 bridgehead atoms. The van der Waals surface area contributed by atoms with Crippen molar-refractivity contribution in [1.82, 2.24) is 19.6 Å². The first-order valence-electron chi connectivity index (χ1n) is 11.9. The van der Waals surface area contributed by atoms with Crippen LogP contribution in [0.25, 0.3) is 26.4 Å². The molecule has 0 spiro atoms. The molecule has 176 valence electrons. The van der Waals surface area contributed by atoms with Crippen molar-refractivity contribution in [2.45, 2.75) is 32.1 Å². The number of hydrogen-bond donors (Lipinski definition) is 2. The summed E-state index contributed by atoms with van der Waals surface area (Å²) in [6, 6.07) is 13.4. The van der Waals surface area contributed by atoms with E-state index in [-0.39, 0.29) is 11.8 Å². The number of carbonyl (C=O) groups excluding carboxylic acids is 2. The second kappa shape index (κ2) is 9.95. The van der Waals surface area contributed by atoms with Gasteiger partial charge in [-0.15, -0.1) is 0 Å². The van der Waals surface area contributed by atoms with Crippen molar-refractivity contribution in [3.63, 3.8) is 0 Å². The van der Waals surface area contributed by atoms with Crippen molar-refractivity contribution >= 4 is 44.0 Å². The lowest BCUT2D eigenvalue weighted by atomic mass is 10.1. The van der Waals surface area contributed by atoms with E-state index in [1.807, 2.05) is 36.5 Å². The van der Waals surface area contributed by atoms with Gasteiger partial charge in [0.25, 0.3) is 5.91 Å². The lowest BCUT2D eigenvalue weighted by Crippen LogP contribution is -2.31. The van der Waals surface area contributed by atoms with Crippen molar-refractivity contribution in [3.8, 4) is 11.3 Å². The van der Waals surface area contributed by atoms with Gasteiger partial charge in [-0.3, -0.25) is 14.0 Å². The molecule has 4 aromatic rings. The van der Waals surface area contributed by atoms with E-state index in [1.165, 1.54) is 32.4 Å². The fraction of sp³-hybridized carbons (Fsp3) is 0.346. The third kappa shape index (κ3) is 4.83. The third-order valence-electron chi connectivity index (χ3n) is 6.37. The number of aromatic nitrogens is 2. The van der Waals surface area contributed by atoms with E-state index < -0.39 is 0 Å². The molecule has 0 aliphatic carbocycles. The number of imidazole rings is 1. The van der Waals surface area contributed by atoms with Gasteiger partial charge in [-0.2, -0.15) is 0 Å². The van der Waals surface area contributed by atoms with Gasteiger partial charge in [0.15, 0.2) is 4.96 Å². The summed E-state index contributed by atoms with van der Waals surface area (Å²) in [5.74, 6) is -0.0338. The van der Waals surface area contributed by atoms with E-state index in [0.717, 1.165) is 45.1 Å². The van der Waals surface area contributed by atoms with Crippen LogP contribution in [0.4, 0.5) is 5.69 Å². The van der Waals surface area contributed by atoms with Crippen LogP contribution in [0, 0.1) is 0 Å². The molecule has 5 rings (SSSR count). The summed E-state index contributed by atoms with van der Waals surface area (Å²) in [6.45, 7) is 3.34. The molecular formula is C26H29N5O2S. The number of nitrogens with zero attached hydrogens (tertiary/aromatic N) is 3. The summed E-state index contributed by atoms with van der Waals surface area (Å²) in [6.07, 6.45) is 7.35. The predicted molar refractivity (Wildman–Crippen MR) is 138 cm³/mol. The average molecular weight is 476 g/mol. The van der Waals surface area contributed by atoms with Crippen molar-refractivity contribution in [1.29, 1.82) is 0 Å². The van der Waals surface area contributed by atoms with Crippen LogP contribution in [-0.2, 0) is 4.79 Å². The number of thiazole rings is 1. The summed E-state index contributed by atoms with van der Waals surface area (Å²) >= 11 is 1.60. The number of rotatable bonds is 7. The zero-order chi connectivity index (χ0) is 23.5. The molecule has 0 radical (unpaired) electrons. The van der Waals surface area contributed by atoms with Gasteiger partial charge in [-0.05, 0) is 69.2 Å². The van der Waals surface area contributed by atoms with E-state index in [2.05, 4.69) is 19.9 Å². The molecule has 34 heavy (non-hydrogen) atoms. The zero-order valence-corrected chi connectivity index (χ0v) is 20.2. The van der Waals surface area contributed by atoms with Gasteiger partial charge < -0.3 is 15.5 Å². The quantitative estimate of drug-likeness (QED) is 0.403. The highest BCUT2D eigenvalue weighted by Gasteiger charge is 2.13. The summed E-state index contributed by atoms with van der Waals surface area (Å²) in [4.78, 5) is 32.3. The van der Waals surface area contributed by atoms with Gasteiger partial charge in [-0.25, -0.2) is 4.98 Å². The lowest BCUT2D eigenvalue weighted by Gasteiger charge is -2.26. The molecule has 1 aliphatic rings. The Labute approximate surface area is 202 Å². The Balaban J connectivity index is 1.25. The second-order valence-corrected chi connectivity index (χ2v) is 9.78. The van der Waals surface area contributed by atoms with Gasteiger partial charge in [-0.1, -0.05) is 29.9 Å². The number of hydrogen-bond acceptors (Lipinski definition) is 5. The second-order valence-electron chi connectivity index (χ2n) is 8.77.